The van der Waals surface area contributed by atoms with Crippen molar-refractivity contribution in [1.29, 1.82) is 0 Å². The number of hydrogen-bond acceptors (Lipinski definition) is 3. The van der Waals surface area contributed by atoms with Crippen LogP contribution >= 0.6 is 0 Å². The Hall–Kier alpha value is -1.97. The lowest BCUT2D eigenvalue weighted by Gasteiger charge is -2.18. The maximum atomic E-state index is 12.0. The normalized spacial score (nSPS) is 18.6. The fourth-order valence-corrected chi connectivity index (χ4v) is 2.19. The molecule has 1 aliphatic rings. The Balaban J connectivity index is 1.92. The van der Waals surface area contributed by atoms with Crippen LogP contribution in [0.25, 0.3) is 0 Å². The molecule has 1 amide bonds. The summed E-state index contributed by atoms with van der Waals surface area (Å²) in [5, 5.41) is 2.94. The third-order valence-corrected chi connectivity index (χ3v) is 3.17. The van der Waals surface area contributed by atoms with Crippen LogP contribution in [0, 0.1) is 5.92 Å². The van der Waals surface area contributed by atoms with Crippen molar-refractivity contribution >= 4 is 17.3 Å². The largest absolute Gasteiger partial charge is 0.399 e. The van der Waals surface area contributed by atoms with Crippen LogP contribution in [-0.4, -0.2) is 12.5 Å². The Morgan fingerprint density at radius 2 is 1.94 bits per heavy atom. The molecule has 96 valence electrons. The molecule has 0 fully saturated rings. The van der Waals surface area contributed by atoms with Crippen LogP contribution in [0.1, 0.15) is 29.6 Å². The summed E-state index contributed by atoms with van der Waals surface area (Å²) >= 11 is 0. The fraction of sp³-hybridized carbons (Fsp3) is 0.357. The zero-order valence-electron chi connectivity index (χ0n) is 10.4. The van der Waals surface area contributed by atoms with Gasteiger partial charge in [-0.05, 0) is 43.4 Å². The molecule has 1 atom stereocenters. The summed E-state index contributed by atoms with van der Waals surface area (Å²) < 4.78 is 0. The second-order valence-electron chi connectivity index (χ2n) is 4.75. The standard InChI is InChI=1S/C14H19N3O/c15-12-6-11(7-13(16)8-12)14(18)17-9-10-4-2-1-3-5-10/h1-2,6-8,10H,3-5,9,15-16H2,(H,17,18). The van der Waals surface area contributed by atoms with Gasteiger partial charge in [0.25, 0.3) is 5.91 Å². The summed E-state index contributed by atoms with van der Waals surface area (Å²) in [5.74, 6) is 0.431. The maximum Gasteiger partial charge on any atom is 0.251 e. The van der Waals surface area contributed by atoms with Crippen LogP contribution in [-0.2, 0) is 0 Å². The monoisotopic (exact) mass is 245 g/mol. The quantitative estimate of drug-likeness (QED) is 0.562. The first-order valence-electron chi connectivity index (χ1n) is 6.24. The SMILES string of the molecule is Nc1cc(N)cc(C(=O)NCC2CC=CCC2)c1. The summed E-state index contributed by atoms with van der Waals surface area (Å²) in [6.07, 6.45) is 7.65. The molecule has 1 aromatic carbocycles. The number of anilines is 2. The number of hydrogen-bond donors (Lipinski definition) is 3. The Kier molecular flexibility index (Phi) is 3.87. The van der Waals surface area contributed by atoms with Gasteiger partial charge in [-0.2, -0.15) is 0 Å². The van der Waals surface area contributed by atoms with Gasteiger partial charge in [-0.1, -0.05) is 12.2 Å². The number of nitrogens with two attached hydrogens (primary N) is 2. The molecule has 4 heteroatoms. The van der Waals surface area contributed by atoms with Crippen LogP contribution < -0.4 is 16.8 Å². The van der Waals surface area contributed by atoms with Crippen LogP contribution in [0.15, 0.2) is 30.4 Å². The topological polar surface area (TPSA) is 81.1 Å². The number of benzene rings is 1. The molecule has 0 saturated carbocycles. The highest BCUT2D eigenvalue weighted by Crippen LogP contribution is 2.18. The third kappa shape index (κ3) is 3.26. The molecular formula is C14H19N3O. The molecular weight excluding hydrogens is 226 g/mol. The molecule has 0 aromatic heterocycles. The summed E-state index contributed by atoms with van der Waals surface area (Å²) in [4.78, 5) is 12.0. The van der Waals surface area contributed by atoms with Crippen molar-refractivity contribution in [3.63, 3.8) is 0 Å². The smallest absolute Gasteiger partial charge is 0.251 e. The number of nitrogen functional groups attached to an aromatic ring is 2. The molecule has 0 radical (unpaired) electrons. The number of nitrogens with one attached hydrogen (secondary N) is 1. The Morgan fingerprint density at radius 3 is 2.56 bits per heavy atom. The molecule has 1 aliphatic carbocycles. The van der Waals surface area contributed by atoms with Crippen molar-refractivity contribution in [2.45, 2.75) is 19.3 Å². The molecule has 0 saturated heterocycles. The van der Waals surface area contributed by atoms with Gasteiger partial charge in [-0.3, -0.25) is 4.79 Å². The molecule has 4 nitrogen and oxygen atoms in total. The van der Waals surface area contributed by atoms with E-state index < -0.39 is 0 Å². The number of allylic oxidation sites excluding steroid dienone is 2. The van der Waals surface area contributed by atoms with E-state index in [1.807, 2.05) is 0 Å². The molecule has 0 spiro atoms. The molecule has 2 rings (SSSR count). The van der Waals surface area contributed by atoms with Gasteiger partial charge >= 0.3 is 0 Å². The summed E-state index contributed by atoms with van der Waals surface area (Å²) in [5.41, 5.74) is 12.9. The fourth-order valence-electron chi connectivity index (χ4n) is 2.19. The van der Waals surface area contributed by atoms with Crippen molar-refractivity contribution in [3.05, 3.63) is 35.9 Å². The predicted octanol–water partition coefficient (Wildman–Crippen LogP) is 1.94. The zero-order chi connectivity index (χ0) is 13.0. The van der Waals surface area contributed by atoms with Gasteiger partial charge in [0, 0.05) is 23.5 Å². The zero-order valence-corrected chi connectivity index (χ0v) is 10.4. The van der Waals surface area contributed by atoms with Gasteiger partial charge in [0.2, 0.25) is 0 Å². The Morgan fingerprint density at radius 1 is 1.22 bits per heavy atom. The maximum absolute atomic E-state index is 12.0. The van der Waals surface area contributed by atoms with Crippen molar-refractivity contribution in [3.8, 4) is 0 Å². The van der Waals surface area contributed by atoms with Crippen LogP contribution in [0.3, 0.4) is 0 Å². The molecule has 18 heavy (non-hydrogen) atoms. The van der Waals surface area contributed by atoms with Gasteiger partial charge in [0.1, 0.15) is 0 Å². The Labute approximate surface area is 107 Å². The summed E-state index contributed by atoms with van der Waals surface area (Å²) in [6, 6.07) is 4.93. The van der Waals surface area contributed by atoms with Crippen molar-refractivity contribution in [2.24, 2.45) is 5.92 Å². The first-order valence-corrected chi connectivity index (χ1v) is 6.24. The van der Waals surface area contributed by atoms with E-state index in [9.17, 15) is 4.79 Å². The summed E-state index contributed by atoms with van der Waals surface area (Å²) in [7, 11) is 0. The van der Waals surface area contributed by atoms with Crippen LogP contribution in [0.5, 0.6) is 0 Å². The molecule has 0 bridgehead atoms. The van der Waals surface area contributed by atoms with Crippen molar-refractivity contribution in [2.75, 3.05) is 18.0 Å². The molecule has 0 aliphatic heterocycles. The van der Waals surface area contributed by atoms with Crippen molar-refractivity contribution < 1.29 is 4.79 Å². The molecule has 5 N–H and O–H groups in total. The number of carbonyl (C=O) groups excluding carboxylic acids is 1. The second-order valence-corrected chi connectivity index (χ2v) is 4.75. The molecule has 1 aromatic rings. The average Bonchev–Trinajstić information content (AvgIpc) is 2.36. The van der Waals surface area contributed by atoms with Gasteiger partial charge < -0.3 is 16.8 Å². The molecule has 0 heterocycles. The Bertz CT molecular complexity index is 448. The lowest BCUT2D eigenvalue weighted by atomic mass is 9.94. The van der Waals surface area contributed by atoms with E-state index in [0.29, 0.717) is 29.4 Å². The highest BCUT2D eigenvalue weighted by Gasteiger charge is 2.12. The average molecular weight is 245 g/mol. The van der Waals surface area contributed by atoms with Gasteiger partial charge in [-0.15, -0.1) is 0 Å². The van der Waals surface area contributed by atoms with E-state index in [2.05, 4.69) is 17.5 Å². The number of carbonyl (C=O) groups is 1. The first kappa shape index (κ1) is 12.5. The highest BCUT2D eigenvalue weighted by atomic mass is 16.1. The van der Waals surface area contributed by atoms with E-state index in [1.54, 1.807) is 18.2 Å². The summed E-state index contributed by atoms with van der Waals surface area (Å²) in [6.45, 7) is 0.706. The van der Waals surface area contributed by atoms with Gasteiger partial charge in [0.15, 0.2) is 0 Å². The highest BCUT2D eigenvalue weighted by molar-refractivity contribution is 5.96. The second kappa shape index (κ2) is 5.58. The minimum atomic E-state index is -0.108. The van der Waals surface area contributed by atoms with E-state index in [1.165, 1.54) is 0 Å². The van der Waals surface area contributed by atoms with E-state index in [-0.39, 0.29) is 5.91 Å². The van der Waals surface area contributed by atoms with E-state index in [0.717, 1.165) is 19.3 Å². The first-order chi connectivity index (χ1) is 8.65. The van der Waals surface area contributed by atoms with E-state index in [4.69, 9.17) is 11.5 Å². The van der Waals surface area contributed by atoms with Gasteiger partial charge in [0.05, 0.1) is 0 Å². The third-order valence-electron chi connectivity index (χ3n) is 3.17. The molecule has 1 unspecified atom stereocenters. The van der Waals surface area contributed by atoms with Crippen LogP contribution in [0.2, 0.25) is 0 Å². The predicted molar refractivity (Wildman–Crippen MR) is 74.1 cm³/mol. The number of amides is 1. The lowest BCUT2D eigenvalue weighted by molar-refractivity contribution is 0.0946. The van der Waals surface area contributed by atoms with Gasteiger partial charge in [-0.25, -0.2) is 0 Å². The minimum absolute atomic E-state index is 0.108. The lowest BCUT2D eigenvalue weighted by Crippen LogP contribution is -2.29. The minimum Gasteiger partial charge on any atom is -0.399 e. The van der Waals surface area contributed by atoms with E-state index >= 15 is 0 Å². The number of rotatable bonds is 3. The van der Waals surface area contributed by atoms with Crippen LogP contribution in [0.4, 0.5) is 11.4 Å². The van der Waals surface area contributed by atoms with Crippen molar-refractivity contribution in [1.82, 2.24) is 5.32 Å².